The van der Waals surface area contributed by atoms with Crippen molar-refractivity contribution in [1.29, 1.82) is 1.45 Å². The molecule has 0 unspecified atom stereocenters. The van der Waals surface area contributed by atoms with Crippen molar-refractivity contribution in [3.63, 3.8) is 0 Å². The third-order valence-corrected chi connectivity index (χ3v) is 2.07. The van der Waals surface area contributed by atoms with Gasteiger partial charge in [0.2, 0.25) is 5.56 Å². The molecule has 1 aromatic carbocycles. The molecule has 1 aromatic heterocycles. The van der Waals surface area contributed by atoms with E-state index >= 15 is 0 Å². The molecule has 0 atom stereocenters. The van der Waals surface area contributed by atoms with E-state index in [-0.39, 0.29) is 19.1 Å². The van der Waals surface area contributed by atoms with E-state index in [2.05, 4.69) is 6.43 Å². The number of hydrogen-bond donors (Lipinski definition) is 1. The first kappa shape index (κ1) is 13.2. The molecular formula is C13H18FNO2. The number of H-pyrrole nitrogens is 1. The van der Waals surface area contributed by atoms with Crippen molar-refractivity contribution in [3.8, 4) is 5.75 Å². The molecule has 0 radical (unpaired) electrons. The van der Waals surface area contributed by atoms with E-state index in [1.54, 1.807) is 6.07 Å². The van der Waals surface area contributed by atoms with Crippen molar-refractivity contribution in [2.45, 2.75) is 27.4 Å². The van der Waals surface area contributed by atoms with Crippen LogP contribution in [-0.2, 0) is 0 Å². The Balaban J connectivity index is 0.000000917. The second-order valence-electron chi connectivity index (χ2n) is 3.74. The number of aromatic nitrogens is 1. The van der Waals surface area contributed by atoms with E-state index in [1.165, 1.54) is 6.07 Å². The van der Waals surface area contributed by atoms with E-state index in [0.717, 1.165) is 16.7 Å². The quantitative estimate of drug-likeness (QED) is 0.877. The minimum Gasteiger partial charge on any atom is -0.491 e. The average Bonchev–Trinajstić information content (AvgIpc) is 2.31. The molecule has 1 N–H and O–H groups in total. The standard InChI is InChI=1S/C12H13NO2.CH4.FH/c1-8(2)15-10-4-5-11-9(7-10)3-6-12(14)13-11;;/h3-8H,1-2H3,(H,13,14);1H4;1H/i/hT. The van der Waals surface area contributed by atoms with Gasteiger partial charge in [-0.1, -0.05) is 7.43 Å². The van der Waals surface area contributed by atoms with Gasteiger partial charge in [0.25, 0.3) is 1.45 Å². The fraction of sp³-hybridized carbons (Fsp3) is 0.308. The van der Waals surface area contributed by atoms with Crippen LogP contribution in [0.15, 0.2) is 35.1 Å². The lowest BCUT2D eigenvalue weighted by atomic mass is 10.2. The molecule has 0 saturated heterocycles. The van der Waals surface area contributed by atoms with Crippen LogP contribution in [-0.4, -0.2) is 12.5 Å². The largest absolute Gasteiger partial charge is 0.491 e. The van der Waals surface area contributed by atoms with Gasteiger partial charge in [0.05, 0.1) is 6.10 Å². The SMILES string of the molecule is C.CC(C)Oc1ccc2[nH]c(=O)ccc2c1.[3H]F. The van der Waals surface area contributed by atoms with Gasteiger partial charge in [-0.2, -0.15) is 0 Å². The zero-order valence-corrected chi connectivity index (χ0v) is 9.16. The molecule has 0 spiro atoms. The number of aromatic amines is 1. The van der Waals surface area contributed by atoms with E-state index in [0.29, 0.717) is 0 Å². The van der Waals surface area contributed by atoms with E-state index < -0.39 is 0 Å². The highest BCUT2D eigenvalue weighted by molar-refractivity contribution is 5.79. The van der Waals surface area contributed by atoms with Crippen molar-refractivity contribution in [2.75, 3.05) is 0 Å². The van der Waals surface area contributed by atoms with Crippen LogP contribution in [0.5, 0.6) is 5.75 Å². The van der Waals surface area contributed by atoms with Crippen LogP contribution in [0.3, 0.4) is 0 Å². The lowest BCUT2D eigenvalue weighted by molar-refractivity contribution is 0.243. The Bertz CT molecular complexity index is 540. The zero-order valence-electron chi connectivity index (χ0n) is 10.2. The van der Waals surface area contributed by atoms with Gasteiger partial charge in [-0.25, -0.2) is 0 Å². The summed E-state index contributed by atoms with van der Waals surface area (Å²) in [6.07, 6.45) is 0.158. The molecule has 0 bridgehead atoms. The average molecular weight is 241 g/mol. The summed E-state index contributed by atoms with van der Waals surface area (Å²) in [5.74, 6) is 0.824. The molecule has 1 heterocycles. The van der Waals surface area contributed by atoms with Crippen molar-refractivity contribution < 1.29 is 9.45 Å². The minimum absolute atomic E-state index is 0. The van der Waals surface area contributed by atoms with Gasteiger partial charge in [-0.15, -0.1) is 0 Å². The van der Waals surface area contributed by atoms with Crippen molar-refractivity contribution in [2.24, 2.45) is 0 Å². The topological polar surface area (TPSA) is 42.1 Å². The number of pyridine rings is 1. The molecular weight excluding hydrogens is 221 g/mol. The maximum atomic E-state index is 11.1. The van der Waals surface area contributed by atoms with Crippen molar-refractivity contribution >= 4 is 10.9 Å². The molecule has 0 aliphatic rings. The van der Waals surface area contributed by atoms with Crippen LogP contribution in [0, 0.1) is 0 Å². The maximum Gasteiger partial charge on any atom is 0.269 e. The van der Waals surface area contributed by atoms with Crippen LogP contribution in [0.4, 0.5) is 4.72 Å². The second kappa shape index (κ2) is 6.03. The van der Waals surface area contributed by atoms with Gasteiger partial charge in [0.1, 0.15) is 5.75 Å². The summed E-state index contributed by atoms with van der Waals surface area (Å²) >= 11 is 0. The highest BCUT2D eigenvalue weighted by Gasteiger charge is 1.99. The molecule has 0 fully saturated rings. The van der Waals surface area contributed by atoms with Gasteiger partial charge in [0, 0.05) is 17.0 Å². The molecule has 0 amide bonds. The van der Waals surface area contributed by atoms with Crippen LogP contribution >= 0.6 is 0 Å². The van der Waals surface area contributed by atoms with Gasteiger partial charge in [-0.3, -0.25) is 9.51 Å². The Hall–Kier alpha value is -1.84. The normalized spacial score (nSPS) is 10.0. The van der Waals surface area contributed by atoms with Crippen LogP contribution < -0.4 is 10.3 Å². The second-order valence-corrected chi connectivity index (χ2v) is 3.74. The summed E-state index contributed by atoms with van der Waals surface area (Å²) in [6, 6.07) is 8.95. The lowest BCUT2D eigenvalue weighted by Crippen LogP contribution is -2.06. The summed E-state index contributed by atoms with van der Waals surface area (Å²) in [5, 5.41) is 0.979. The first-order valence-electron chi connectivity index (χ1n) is 5.33. The van der Waals surface area contributed by atoms with Gasteiger partial charge in [0.15, 0.2) is 0 Å². The molecule has 3 nitrogen and oxygen atoms in total. The van der Waals surface area contributed by atoms with Gasteiger partial charge >= 0.3 is 0 Å². The zero-order chi connectivity index (χ0) is 12.8. The lowest BCUT2D eigenvalue weighted by Gasteiger charge is -2.09. The molecule has 0 aliphatic carbocycles. The summed E-state index contributed by atoms with van der Waals surface area (Å²) < 4.78 is 18.6. The third kappa shape index (κ3) is 3.59. The molecule has 2 aromatic rings. The number of nitrogens with one attached hydrogen (secondary N) is 1. The first-order valence-corrected chi connectivity index (χ1v) is 4.95. The minimum atomic E-state index is -0.0833. The number of benzene rings is 1. The number of ether oxygens (including phenoxy) is 1. The fourth-order valence-corrected chi connectivity index (χ4v) is 1.48. The number of fused-ring (bicyclic) bond motifs is 1. The van der Waals surface area contributed by atoms with Crippen molar-refractivity contribution in [1.82, 2.24) is 4.98 Å². The van der Waals surface area contributed by atoms with Crippen LogP contribution in [0.25, 0.3) is 10.9 Å². The third-order valence-electron chi connectivity index (χ3n) is 2.07. The number of hydrogen-bond acceptors (Lipinski definition) is 2. The molecule has 17 heavy (non-hydrogen) atoms. The number of rotatable bonds is 2. The molecule has 94 valence electrons. The number of halogens is 1. The monoisotopic (exact) mass is 241 g/mol. The molecule has 4 heteroatoms. The molecule has 2 rings (SSSR count). The predicted octanol–water partition coefficient (Wildman–Crippen LogP) is 3.10. The van der Waals surface area contributed by atoms with Crippen LogP contribution in [0.1, 0.15) is 21.3 Å². The summed E-state index contributed by atoms with van der Waals surface area (Å²) in [7, 11) is 0. The molecule has 0 aliphatic heterocycles. The van der Waals surface area contributed by atoms with E-state index in [4.69, 9.17) is 9.45 Å². The summed E-state index contributed by atoms with van der Waals surface area (Å²) in [4.78, 5) is 13.8. The fourth-order valence-electron chi connectivity index (χ4n) is 1.48. The Kier molecular flexibility index (Phi) is 4.69. The van der Waals surface area contributed by atoms with Gasteiger partial charge < -0.3 is 9.72 Å². The van der Waals surface area contributed by atoms with Crippen molar-refractivity contribution in [3.05, 3.63) is 40.7 Å². The highest BCUT2D eigenvalue weighted by Crippen LogP contribution is 2.18. The Morgan fingerprint density at radius 2 is 2.00 bits per heavy atom. The smallest absolute Gasteiger partial charge is 0.269 e. The predicted molar refractivity (Wildman–Crippen MR) is 69.6 cm³/mol. The Labute approximate surface area is 101 Å². The summed E-state index contributed by atoms with van der Waals surface area (Å²) in [5.41, 5.74) is 0.749. The van der Waals surface area contributed by atoms with E-state index in [1.807, 2.05) is 32.0 Å². The highest BCUT2D eigenvalue weighted by atomic mass is 19.0. The van der Waals surface area contributed by atoms with Crippen LogP contribution in [0.2, 0.25) is 0 Å². The Morgan fingerprint density at radius 1 is 1.29 bits per heavy atom. The Morgan fingerprint density at radius 3 is 2.65 bits per heavy atom. The summed E-state index contributed by atoms with van der Waals surface area (Å²) in [6.45, 7) is 3.97. The maximum absolute atomic E-state index is 11.1. The van der Waals surface area contributed by atoms with E-state index in [9.17, 15) is 4.79 Å². The molecule has 0 saturated carbocycles. The van der Waals surface area contributed by atoms with Gasteiger partial charge in [-0.05, 0) is 38.1 Å². The first-order chi connectivity index (χ1) is 8.15.